The van der Waals surface area contributed by atoms with Crippen LogP contribution in [-0.2, 0) is 0 Å². The Kier molecular flexibility index (Phi) is 17.0. The summed E-state index contributed by atoms with van der Waals surface area (Å²) in [5.41, 5.74) is 31.2. The van der Waals surface area contributed by atoms with Crippen LogP contribution in [0.5, 0.6) is 0 Å². The fourth-order valence-electron chi connectivity index (χ4n) is 19.3. The molecule has 3 aliphatic rings. The molecule has 119 heavy (non-hydrogen) atoms. The predicted molar refractivity (Wildman–Crippen MR) is 514 cm³/mol. The van der Waals surface area contributed by atoms with Crippen LogP contribution in [0.15, 0.2) is 394 Å². The van der Waals surface area contributed by atoms with Crippen molar-refractivity contribution in [2.24, 2.45) is 0 Å². The van der Waals surface area contributed by atoms with Gasteiger partial charge in [-0.2, -0.15) is 0 Å². The first-order valence-electron chi connectivity index (χ1n) is 39.8. The van der Waals surface area contributed by atoms with Crippen LogP contribution < -0.4 is 5.46 Å². The van der Waals surface area contributed by atoms with Gasteiger partial charge in [-0.3, -0.25) is 0 Å². The van der Waals surface area contributed by atoms with Crippen LogP contribution in [0.2, 0.25) is 0 Å². The lowest BCUT2D eigenvalue weighted by Crippen LogP contribution is -2.29. The molecule has 24 aromatic rings. The number of aromatic amines is 1. The lowest BCUT2D eigenvalue weighted by molar-refractivity contribution is 0.425. The van der Waals surface area contributed by atoms with E-state index < -0.39 is 7.12 Å². The Morgan fingerprint density at radius 1 is 0.269 bits per heavy atom. The van der Waals surface area contributed by atoms with Crippen molar-refractivity contribution in [3.8, 4) is 89.3 Å². The molecule has 0 atom stereocenters. The maximum Gasteiger partial charge on any atom is 0.492 e. The fraction of sp³-hybridized carbons (Fsp3) is 0. The monoisotopic (exact) mass is 1760 g/mol. The fourth-order valence-corrected chi connectivity index (χ4v) is 21.0. The van der Waals surface area contributed by atoms with Crippen LogP contribution in [0, 0.1) is 3.57 Å². The molecule has 7 nitrogen and oxygen atoms in total. The van der Waals surface area contributed by atoms with Crippen LogP contribution in [0.1, 0.15) is 0 Å². The van der Waals surface area contributed by atoms with Crippen LogP contribution >= 0.6 is 54.5 Å². The summed E-state index contributed by atoms with van der Waals surface area (Å²) >= 11 is 9.29. The van der Waals surface area contributed by atoms with Gasteiger partial charge in [0, 0.05) is 99.8 Å². The summed E-state index contributed by atoms with van der Waals surface area (Å²) in [7, 11) is -1.51. The van der Waals surface area contributed by atoms with E-state index in [1.807, 2.05) is 54.6 Å². The van der Waals surface area contributed by atoms with Gasteiger partial charge in [0.05, 0.1) is 22.1 Å². The normalized spacial score (nSPS) is 11.9. The molecular weight excluding hydrogens is 1700 g/mol. The lowest BCUT2D eigenvalue weighted by atomic mass is 9.79. The van der Waals surface area contributed by atoms with E-state index in [2.05, 4.69) is 378 Å². The minimum absolute atomic E-state index is 0.397. The molecule has 0 bridgehead atoms. The number of H-pyrrole nitrogens is 1. The minimum atomic E-state index is -1.51. The smallest absolute Gasteiger partial charge is 0.456 e. The largest absolute Gasteiger partial charge is 0.492 e. The molecule has 0 amide bonds. The highest BCUT2D eigenvalue weighted by Gasteiger charge is 2.29. The van der Waals surface area contributed by atoms with Crippen LogP contribution in [0.4, 0.5) is 0 Å². The molecule has 27 rings (SSSR count). The minimum Gasteiger partial charge on any atom is -0.456 e. The molecule has 0 saturated heterocycles. The van der Waals surface area contributed by atoms with E-state index in [9.17, 15) is 10.0 Å². The van der Waals surface area contributed by atoms with Crippen molar-refractivity contribution in [2.75, 3.05) is 0 Å². The van der Waals surface area contributed by atoms with Crippen molar-refractivity contribution < 1.29 is 18.9 Å². The van der Waals surface area contributed by atoms with Crippen molar-refractivity contribution in [1.82, 2.24) is 14.1 Å². The summed E-state index contributed by atoms with van der Waals surface area (Å²) in [4.78, 5) is 3.60. The van der Waals surface area contributed by atoms with Crippen LogP contribution in [-0.4, -0.2) is 31.3 Å². The van der Waals surface area contributed by atoms with Gasteiger partial charge in [-0.1, -0.05) is 311 Å². The molecule has 0 unspecified atom stereocenters. The zero-order chi connectivity index (χ0) is 79.3. The van der Waals surface area contributed by atoms with Crippen LogP contribution in [0.25, 0.3) is 231 Å². The second-order valence-electron chi connectivity index (χ2n) is 30.6. The molecule has 0 spiro atoms. The Hall–Kier alpha value is -13.4. The van der Waals surface area contributed by atoms with E-state index in [1.165, 1.54) is 174 Å². The third kappa shape index (κ3) is 11.4. The summed E-state index contributed by atoms with van der Waals surface area (Å²) in [6, 6.07) is 133. The number of para-hydroxylation sites is 4. The molecule has 0 aliphatic heterocycles. The molecule has 3 aliphatic carbocycles. The Labute approximate surface area is 713 Å². The average Bonchev–Trinajstić information content (AvgIpc) is 1.54. The Bertz CT molecular complexity index is 8340. The number of nitrogens with one attached hydrogen (secondary N) is 1. The van der Waals surface area contributed by atoms with E-state index >= 15 is 0 Å². The highest BCUT2D eigenvalue weighted by molar-refractivity contribution is 14.1. The van der Waals surface area contributed by atoms with Crippen molar-refractivity contribution in [3.63, 3.8) is 0 Å². The van der Waals surface area contributed by atoms with E-state index in [-0.39, 0.29) is 0 Å². The Balaban J connectivity index is 0.0000000943. The first-order chi connectivity index (χ1) is 58.6. The van der Waals surface area contributed by atoms with Crippen molar-refractivity contribution >= 4 is 209 Å². The van der Waals surface area contributed by atoms with Gasteiger partial charge in [0.1, 0.15) is 22.3 Å². The number of fused-ring (bicyclic) bond motifs is 15. The van der Waals surface area contributed by atoms with Gasteiger partial charge in [0.25, 0.3) is 0 Å². The molecule has 0 radical (unpaired) electrons. The number of rotatable bonds is 4. The summed E-state index contributed by atoms with van der Waals surface area (Å²) in [5, 5.41) is 38.7. The summed E-state index contributed by atoms with van der Waals surface area (Å²) in [5.74, 6) is 0. The first-order valence-corrected chi connectivity index (χ1v) is 42.5. The van der Waals surface area contributed by atoms with E-state index in [4.69, 9.17) is 8.83 Å². The Morgan fingerprint density at radius 2 is 0.639 bits per heavy atom. The highest BCUT2D eigenvalue weighted by atomic mass is 127. The topological polar surface area (TPSA) is 92.4 Å². The number of hydrogen-bond donors (Lipinski definition) is 3. The second kappa shape index (κ2) is 28.5. The number of nitrogens with zero attached hydrogens (tertiary/aromatic N) is 2. The highest BCUT2D eigenvalue weighted by Crippen LogP contribution is 2.54. The van der Waals surface area contributed by atoms with Gasteiger partial charge >= 0.3 is 7.12 Å². The van der Waals surface area contributed by atoms with E-state index in [1.54, 1.807) is 12.1 Å². The van der Waals surface area contributed by atoms with E-state index in [0.29, 0.717) is 11.0 Å². The molecule has 0 fully saturated rings. The third-order valence-electron chi connectivity index (χ3n) is 24.1. The number of halogens is 3. The molecule has 560 valence electrons. The SMILES string of the molecule is Brc1cccc(-n2c3cccc4c3c3c5c(cccc5ccc32)-c2ccccc2-4)c1.Brc1cccc(I)c1.OB(O)c1cccc2c1oc1ccccc12.c1cc(-c2cccc3c2oc2ccccc23)cc(-n2c3cccc4c3c3c5c(cccc5ccc32)-c2ccccc2-4)c1.c1ccc2c(c1)-c1cccc3ccc4[nH]c5cccc-2c5c4c13. The lowest BCUT2D eigenvalue weighted by Gasteiger charge is -2.14. The molecule has 0 saturated carbocycles. The average molecular weight is 1770 g/mol. The molecule has 5 heterocycles. The summed E-state index contributed by atoms with van der Waals surface area (Å²) < 4.78 is 20.4. The number of aromatic nitrogens is 3. The van der Waals surface area contributed by atoms with Gasteiger partial charge in [0.2, 0.25) is 0 Å². The van der Waals surface area contributed by atoms with Gasteiger partial charge in [-0.05, 0) is 224 Å². The molecule has 5 aromatic heterocycles. The van der Waals surface area contributed by atoms with E-state index in [0.717, 1.165) is 64.1 Å². The quantitative estimate of drug-likeness (QED) is 0.121. The standard InChI is InChI=1S/C40H23NO.C28H16BrN.C22H13N.C12H9BO3.C6H4BrI/c1-2-13-29-28(12-1)31-16-6-9-24-21-22-35-39(37(24)31)38-32(29)17-8-19-34(38)41(35)26-11-5-10-25(23-26)27-15-7-18-33-30-14-3-4-20-36(30)42-40(27)33;29-18-7-4-8-19(16-18)30-24-13-5-12-23-21-10-2-1-9-20(21)22-11-3-6-17-14-15-25(30)28(26(17)22)27(23)24;1-2-7-15-14(6-1)16-8-3-5-13-11-12-19-22(20(13)16)21-17(15)9-4-10-18(21)23-19;14-13(15)10-6-3-5-9-8-4-1-2-7-11(8)16-12(9)10;7-5-2-1-3-6(8)4-5/h1-23H;1-16H;1-12,23H;1-7,14-15H;1-4H. The number of furan rings is 2. The predicted octanol–water partition coefficient (Wildman–Crippen LogP) is 29.9. The third-order valence-corrected chi connectivity index (χ3v) is 25.8. The molecule has 19 aromatic carbocycles. The molecular formula is C108H65BBr2IN3O4. The number of benzene rings is 19. The Morgan fingerprint density at radius 3 is 1.15 bits per heavy atom. The summed E-state index contributed by atoms with van der Waals surface area (Å²) in [6.45, 7) is 0. The maximum atomic E-state index is 9.24. The van der Waals surface area contributed by atoms with Crippen molar-refractivity contribution in [3.05, 3.63) is 389 Å². The van der Waals surface area contributed by atoms with Gasteiger partial charge < -0.3 is 33.0 Å². The van der Waals surface area contributed by atoms with Gasteiger partial charge in [-0.15, -0.1) is 0 Å². The zero-order valence-electron chi connectivity index (χ0n) is 63.6. The number of hydrogen-bond acceptors (Lipinski definition) is 4. The van der Waals surface area contributed by atoms with Crippen LogP contribution in [0.3, 0.4) is 0 Å². The molecule has 3 N–H and O–H groups in total. The maximum absolute atomic E-state index is 9.24. The van der Waals surface area contributed by atoms with Gasteiger partial charge in [-0.25, -0.2) is 0 Å². The second-order valence-corrected chi connectivity index (χ2v) is 33.7. The first kappa shape index (κ1) is 71.0. The van der Waals surface area contributed by atoms with Crippen molar-refractivity contribution in [2.45, 2.75) is 0 Å². The zero-order valence-corrected chi connectivity index (χ0v) is 68.9. The summed E-state index contributed by atoms with van der Waals surface area (Å²) in [6.07, 6.45) is 0. The molecule has 11 heteroatoms. The van der Waals surface area contributed by atoms with Gasteiger partial charge in [0.15, 0.2) is 0 Å². The van der Waals surface area contributed by atoms with Crippen molar-refractivity contribution in [1.29, 1.82) is 0 Å².